The van der Waals surface area contributed by atoms with Gasteiger partial charge in [-0.15, -0.1) is 16.8 Å². The Balaban J connectivity index is 1.60. The minimum absolute atomic E-state index is 0.156. The average Bonchev–Trinajstić information content (AvgIpc) is 3.14. The number of carbonyl (C=O) groups is 2. The molecule has 0 atom stereocenters. The van der Waals surface area contributed by atoms with E-state index in [0.29, 0.717) is 33.8 Å². The smallest absolute Gasteiger partial charge is 0.251 e. The van der Waals surface area contributed by atoms with E-state index < -0.39 is 0 Å². The van der Waals surface area contributed by atoms with Crippen LogP contribution in [0.4, 0.5) is 5.69 Å². The van der Waals surface area contributed by atoms with Gasteiger partial charge in [-0.3, -0.25) is 9.59 Å². The Bertz CT molecular complexity index is 1090. The van der Waals surface area contributed by atoms with E-state index in [0.717, 1.165) is 4.47 Å². The number of benzene rings is 2. The van der Waals surface area contributed by atoms with Crippen molar-refractivity contribution in [2.45, 2.75) is 18.2 Å². The Morgan fingerprint density at radius 1 is 1.19 bits per heavy atom. The molecule has 2 N–H and O–H groups in total. The first kappa shape index (κ1) is 23.1. The lowest BCUT2D eigenvalue weighted by molar-refractivity contribution is -0.113. The van der Waals surface area contributed by atoms with Crippen molar-refractivity contribution in [3.05, 3.63) is 82.1 Å². The van der Waals surface area contributed by atoms with Crippen molar-refractivity contribution >= 4 is 56.8 Å². The maximum atomic E-state index is 12.3. The van der Waals surface area contributed by atoms with Crippen LogP contribution in [0.15, 0.2) is 70.8 Å². The lowest BCUT2D eigenvalue weighted by atomic mass is 10.2. The van der Waals surface area contributed by atoms with Crippen LogP contribution in [0, 0.1) is 0 Å². The molecule has 0 bridgehead atoms. The predicted octanol–water partition coefficient (Wildman–Crippen LogP) is 4.54. The van der Waals surface area contributed by atoms with Crippen LogP contribution in [-0.4, -0.2) is 32.3 Å². The summed E-state index contributed by atoms with van der Waals surface area (Å²) in [7, 11) is 0. The van der Waals surface area contributed by atoms with Gasteiger partial charge in [-0.1, -0.05) is 51.4 Å². The molecule has 2 amide bonds. The quantitative estimate of drug-likeness (QED) is 0.319. The SMILES string of the molecule is C=CCn1c(CNC(=O)c2cccc(Cl)c2)nnc1SCC(=O)Nc1ccc(Br)cc1. The van der Waals surface area contributed by atoms with Crippen LogP contribution < -0.4 is 10.6 Å². The molecular formula is C21H19BrClN5O2S. The lowest BCUT2D eigenvalue weighted by Gasteiger charge is -2.09. The van der Waals surface area contributed by atoms with Gasteiger partial charge >= 0.3 is 0 Å². The molecular weight excluding hydrogens is 502 g/mol. The first-order valence-corrected chi connectivity index (χ1v) is 11.4. The molecule has 0 aliphatic rings. The summed E-state index contributed by atoms with van der Waals surface area (Å²) in [5.41, 5.74) is 1.17. The van der Waals surface area contributed by atoms with Crippen LogP contribution >= 0.6 is 39.3 Å². The highest BCUT2D eigenvalue weighted by molar-refractivity contribution is 9.10. The molecule has 0 fully saturated rings. The van der Waals surface area contributed by atoms with E-state index in [9.17, 15) is 9.59 Å². The van der Waals surface area contributed by atoms with Crippen LogP contribution in [0.1, 0.15) is 16.2 Å². The molecule has 0 unspecified atom stereocenters. The van der Waals surface area contributed by atoms with Crippen LogP contribution in [-0.2, 0) is 17.9 Å². The molecule has 2 aromatic carbocycles. The molecule has 0 saturated carbocycles. The van der Waals surface area contributed by atoms with Gasteiger partial charge in [0.15, 0.2) is 11.0 Å². The molecule has 0 spiro atoms. The van der Waals surface area contributed by atoms with Crippen molar-refractivity contribution in [3.8, 4) is 0 Å². The number of aromatic nitrogens is 3. The zero-order valence-corrected chi connectivity index (χ0v) is 19.5. The minimum atomic E-state index is -0.265. The molecule has 0 aliphatic carbocycles. The number of allylic oxidation sites excluding steroid dienone is 1. The molecule has 160 valence electrons. The fourth-order valence-corrected chi connectivity index (χ4v) is 3.84. The highest BCUT2D eigenvalue weighted by Crippen LogP contribution is 2.19. The van der Waals surface area contributed by atoms with Gasteiger partial charge in [-0.2, -0.15) is 0 Å². The number of halogens is 2. The maximum absolute atomic E-state index is 12.3. The molecule has 0 aliphatic heterocycles. The molecule has 0 saturated heterocycles. The lowest BCUT2D eigenvalue weighted by Crippen LogP contribution is -2.24. The van der Waals surface area contributed by atoms with Crippen LogP contribution in [0.3, 0.4) is 0 Å². The predicted molar refractivity (Wildman–Crippen MR) is 126 cm³/mol. The van der Waals surface area contributed by atoms with Crippen molar-refractivity contribution in [3.63, 3.8) is 0 Å². The summed E-state index contributed by atoms with van der Waals surface area (Å²) >= 11 is 10.6. The minimum Gasteiger partial charge on any atom is -0.345 e. The van der Waals surface area contributed by atoms with Crippen molar-refractivity contribution in [2.75, 3.05) is 11.1 Å². The van der Waals surface area contributed by atoms with Gasteiger partial charge in [-0.25, -0.2) is 0 Å². The van der Waals surface area contributed by atoms with E-state index in [1.807, 2.05) is 28.8 Å². The fourth-order valence-electron chi connectivity index (χ4n) is 2.62. The summed E-state index contributed by atoms with van der Waals surface area (Å²) in [6.45, 7) is 4.39. The zero-order valence-electron chi connectivity index (χ0n) is 16.3. The second-order valence-corrected chi connectivity index (χ2v) is 8.63. The topological polar surface area (TPSA) is 88.9 Å². The maximum Gasteiger partial charge on any atom is 0.251 e. The molecule has 1 heterocycles. The van der Waals surface area contributed by atoms with Gasteiger partial charge in [0.25, 0.3) is 5.91 Å². The van der Waals surface area contributed by atoms with Gasteiger partial charge in [0, 0.05) is 27.3 Å². The van der Waals surface area contributed by atoms with Crippen molar-refractivity contribution in [2.24, 2.45) is 0 Å². The average molecular weight is 521 g/mol. The van der Waals surface area contributed by atoms with Gasteiger partial charge in [0.05, 0.1) is 12.3 Å². The first-order chi connectivity index (χ1) is 15.0. The number of nitrogens with one attached hydrogen (secondary N) is 2. The van der Waals surface area contributed by atoms with Crippen LogP contribution in [0.25, 0.3) is 0 Å². The number of hydrogen-bond donors (Lipinski definition) is 2. The van der Waals surface area contributed by atoms with E-state index >= 15 is 0 Å². The number of nitrogens with zero attached hydrogens (tertiary/aromatic N) is 3. The van der Waals surface area contributed by atoms with Crippen LogP contribution in [0.2, 0.25) is 5.02 Å². The standard InChI is InChI=1S/C21H19BrClN5O2S/c1-2-10-28-18(12-24-20(30)14-4-3-5-16(23)11-14)26-27-21(28)31-13-19(29)25-17-8-6-15(22)7-9-17/h2-9,11H,1,10,12-13H2,(H,24,30)(H,25,29). The molecule has 1 aromatic heterocycles. The number of anilines is 1. The normalized spacial score (nSPS) is 10.5. The Labute approximate surface area is 197 Å². The summed E-state index contributed by atoms with van der Waals surface area (Å²) in [5.74, 6) is 0.307. The summed E-state index contributed by atoms with van der Waals surface area (Å²) < 4.78 is 2.75. The summed E-state index contributed by atoms with van der Waals surface area (Å²) in [6.07, 6.45) is 1.71. The van der Waals surface area contributed by atoms with Crippen molar-refractivity contribution in [1.29, 1.82) is 0 Å². The monoisotopic (exact) mass is 519 g/mol. The highest BCUT2D eigenvalue weighted by Gasteiger charge is 2.15. The van der Waals surface area contributed by atoms with Crippen molar-refractivity contribution in [1.82, 2.24) is 20.1 Å². The highest BCUT2D eigenvalue weighted by atomic mass is 79.9. The number of amides is 2. The number of carbonyl (C=O) groups excluding carboxylic acids is 2. The first-order valence-electron chi connectivity index (χ1n) is 9.21. The van der Waals surface area contributed by atoms with Gasteiger partial charge in [0.2, 0.25) is 5.91 Å². The number of rotatable bonds is 9. The molecule has 3 rings (SSSR count). The Morgan fingerprint density at radius 3 is 2.68 bits per heavy atom. The van der Waals surface area contributed by atoms with E-state index in [2.05, 4.69) is 43.3 Å². The molecule has 10 heteroatoms. The number of thioether (sulfide) groups is 1. The molecule has 7 nitrogen and oxygen atoms in total. The second kappa shape index (κ2) is 11.1. The fraction of sp³-hybridized carbons (Fsp3) is 0.143. The number of hydrogen-bond acceptors (Lipinski definition) is 5. The Morgan fingerprint density at radius 2 is 1.97 bits per heavy atom. The van der Waals surface area contributed by atoms with E-state index in [4.69, 9.17) is 11.6 Å². The second-order valence-electron chi connectivity index (χ2n) is 6.33. The van der Waals surface area contributed by atoms with Crippen LogP contribution in [0.5, 0.6) is 0 Å². The van der Waals surface area contributed by atoms with E-state index in [1.165, 1.54) is 11.8 Å². The molecule has 3 aromatic rings. The van der Waals surface area contributed by atoms with Gasteiger partial charge in [0.1, 0.15) is 0 Å². The third-order valence-electron chi connectivity index (χ3n) is 4.06. The summed E-state index contributed by atoms with van der Waals surface area (Å²) in [5, 5.41) is 15.0. The Hall–Kier alpha value is -2.62. The Kier molecular flexibility index (Phi) is 8.27. The summed E-state index contributed by atoms with van der Waals surface area (Å²) in [4.78, 5) is 24.6. The van der Waals surface area contributed by atoms with Gasteiger partial charge in [-0.05, 0) is 42.5 Å². The third kappa shape index (κ3) is 6.68. The summed E-state index contributed by atoms with van der Waals surface area (Å²) in [6, 6.07) is 14.0. The zero-order chi connectivity index (χ0) is 22.2. The van der Waals surface area contributed by atoms with Crippen molar-refractivity contribution < 1.29 is 9.59 Å². The molecule has 0 radical (unpaired) electrons. The third-order valence-corrected chi connectivity index (χ3v) is 5.79. The van der Waals surface area contributed by atoms with E-state index in [1.54, 1.807) is 30.3 Å². The van der Waals surface area contributed by atoms with E-state index in [-0.39, 0.29) is 24.1 Å². The van der Waals surface area contributed by atoms with Gasteiger partial charge < -0.3 is 15.2 Å². The largest absolute Gasteiger partial charge is 0.345 e. The molecule has 31 heavy (non-hydrogen) atoms.